The second-order valence-electron chi connectivity index (χ2n) is 6.95. The molecule has 144 valence electrons. The summed E-state index contributed by atoms with van der Waals surface area (Å²) in [6.07, 6.45) is 2.03. The van der Waals surface area contributed by atoms with Gasteiger partial charge < -0.3 is 9.47 Å². The molecule has 2 aromatic carbocycles. The predicted molar refractivity (Wildman–Crippen MR) is 106 cm³/mol. The van der Waals surface area contributed by atoms with E-state index in [-0.39, 0.29) is 17.5 Å². The zero-order valence-electron chi connectivity index (χ0n) is 15.9. The van der Waals surface area contributed by atoms with Crippen LogP contribution < -0.4 is 4.72 Å². The van der Waals surface area contributed by atoms with Crippen molar-refractivity contribution in [2.45, 2.75) is 17.9 Å². The van der Waals surface area contributed by atoms with Crippen molar-refractivity contribution in [2.75, 3.05) is 20.6 Å². The highest BCUT2D eigenvalue weighted by atomic mass is 32.2. The Balaban J connectivity index is 1.90. The number of rotatable bonds is 6. The van der Waals surface area contributed by atoms with Gasteiger partial charge in [-0.2, -0.15) is 0 Å². The number of aryl methyl sites for hydroxylation is 2. The standard InChI is InChI=1S/C20H24FN3O2S/c1-14-11-15(9-10-18(14)21)27(25,26)22-12-20(23(2)3)17-13-24(4)19-8-6-5-7-16(17)19/h5-11,13,20,22H,12H2,1-4H3. The van der Waals surface area contributed by atoms with Crippen molar-refractivity contribution in [2.24, 2.45) is 7.05 Å². The Kier molecular flexibility index (Phi) is 5.37. The summed E-state index contributed by atoms with van der Waals surface area (Å²) >= 11 is 0. The van der Waals surface area contributed by atoms with E-state index in [1.807, 2.05) is 61.1 Å². The summed E-state index contributed by atoms with van der Waals surface area (Å²) in [4.78, 5) is 2.05. The van der Waals surface area contributed by atoms with Crippen molar-refractivity contribution >= 4 is 20.9 Å². The molecule has 0 radical (unpaired) electrons. The highest BCUT2D eigenvalue weighted by Gasteiger charge is 2.23. The summed E-state index contributed by atoms with van der Waals surface area (Å²) in [5.74, 6) is -0.420. The number of likely N-dealkylation sites (N-methyl/N-ethyl adjacent to an activating group) is 1. The van der Waals surface area contributed by atoms with E-state index in [2.05, 4.69) is 4.72 Å². The Hall–Kier alpha value is -2.22. The lowest BCUT2D eigenvalue weighted by molar-refractivity contribution is 0.301. The summed E-state index contributed by atoms with van der Waals surface area (Å²) in [5.41, 5.74) is 2.45. The molecule has 0 bridgehead atoms. The number of hydrogen-bond donors (Lipinski definition) is 1. The minimum atomic E-state index is -3.73. The topological polar surface area (TPSA) is 54.3 Å². The monoisotopic (exact) mass is 389 g/mol. The molecule has 7 heteroatoms. The highest BCUT2D eigenvalue weighted by molar-refractivity contribution is 7.89. The maximum atomic E-state index is 13.5. The van der Waals surface area contributed by atoms with E-state index in [0.29, 0.717) is 5.56 Å². The van der Waals surface area contributed by atoms with Gasteiger partial charge in [-0.15, -0.1) is 0 Å². The molecule has 0 saturated carbocycles. The third kappa shape index (κ3) is 3.90. The van der Waals surface area contributed by atoms with Gasteiger partial charge in [0.25, 0.3) is 0 Å². The molecule has 1 heterocycles. The minimum Gasteiger partial charge on any atom is -0.350 e. The van der Waals surface area contributed by atoms with Gasteiger partial charge in [-0.1, -0.05) is 18.2 Å². The van der Waals surface area contributed by atoms with Crippen molar-refractivity contribution in [1.29, 1.82) is 0 Å². The third-order valence-electron chi connectivity index (χ3n) is 4.82. The molecule has 0 fully saturated rings. The number of benzene rings is 2. The fourth-order valence-electron chi connectivity index (χ4n) is 3.27. The Morgan fingerprint density at radius 1 is 1.19 bits per heavy atom. The van der Waals surface area contributed by atoms with Crippen LogP contribution in [-0.2, 0) is 17.1 Å². The third-order valence-corrected chi connectivity index (χ3v) is 6.24. The van der Waals surface area contributed by atoms with Crippen molar-refractivity contribution in [3.63, 3.8) is 0 Å². The second kappa shape index (κ2) is 7.42. The van der Waals surface area contributed by atoms with Gasteiger partial charge in [0.05, 0.1) is 4.90 Å². The van der Waals surface area contributed by atoms with Crippen LogP contribution in [0.2, 0.25) is 0 Å². The fourth-order valence-corrected chi connectivity index (χ4v) is 4.39. The molecule has 1 unspecified atom stereocenters. The molecule has 5 nitrogen and oxygen atoms in total. The maximum absolute atomic E-state index is 13.5. The van der Waals surface area contributed by atoms with Crippen molar-refractivity contribution in [3.05, 3.63) is 65.6 Å². The van der Waals surface area contributed by atoms with Gasteiger partial charge in [0.1, 0.15) is 5.82 Å². The summed E-state index contributed by atoms with van der Waals surface area (Å²) in [5, 5.41) is 1.09. The molecule has 27 heavy (non-hydrogen) atoms. The lowest BCUT2D eigenvalue weighted by atomic mass is 10.1. The number of para-hydroxylation sites is 1. The van der Waals surface area contributed by atoms with Crippen LogP contribution in [0.15, 0.2) is 53.6 Å². The molecule has 0 aliphatic heterocycles. The van der Waals surface area contributed by atoms with Crippen LogP contribution in [0, 0.1) is 12.7 Å². The van der Waals surface area contributed by atoms with Crippen molar-refractivity contribution < 1.29 is 12.8 Å². The van der Waals surface area contributed by atoms with E-state index in [9.17, 15) is 12.8 Å². The summed E-state index contributed by atoms with van der Waals surface area (Å²) < 4.78 is 43.5. The van der Waals surface area contributed by atoms with Gasteiger partial charge in [0.15, 0.2) is 0 Å². The second-order valence-corrected chi connectivity index (χ2v) is 8.72. The van der Waals surface area contributed by atoms with Crippen molar-refractivity contribution in [1.82, 2.24) is 14.2 Å². The van der Waals surface area contributed by atoms with E-state index in [0.717, 1.165) is 16.5 Å². The number of nitrogens with one attached hydrogen (secondary N) is 1. The molecule has 1 aromatic heterocycles. The van der Waals surface area contributed by atoms with Crippen molar-refractivity contribution in [3.8, 4) is 0 Å². The number of aromatic nitrogens is 1. The van der Waals surface area contributed by atoms with E-state index < -0.39 is 15.8 Å². The number of hydrogen-bond acceptors (Lipinski definition) is 3. The molecule has 3 rings (SSSR count). The molecule has 0 saturated heterocycles. The molecule has 1 atom stereocenters. The predicted octanol–water partition coefficient (Wildman–Crippen LogP) is 3.21. The first-order valence-electron chi connectivity index (χ1n) is 8.67. The van der Waals surface area contributed by atoms with Crippen LogP contribution in [0.1, 0.15) is 17.2 Å². The molecule has 1 N–H and O–H groups in total. The minimum absolute atomic E-state index is 0.0665. The molecule has 0 aliphatic carbocycles. The molecular formula is C20H24FN3O2S. The van der Waals surface area contributed by atoms with Crippen LogP contribution in [0.5, 0.6) is 0 Å². The highest BCUT2D eigenvalue weighted by Crippen LogP contribution is 2.28. The fraction of sp³-hybridized carbons (Fsp3) is 0.300. The Morgan fingerprint density at radius 3 is 2.56 bits per heavy atom. The first-order valence-corrected chi connectivity index (χ1v) is 10.1. The number of halogens is 1. The van der Waals surface area contributed by atoms with Gasteiger partial charge in [-0.3, -0.25) is 0 Å². The van der Waals surface area contributed by atoms with Gasteiger partial charge >= 0.3 is 0 Å². The zero-order valence-corrected chi connectivity index (χ0v) is 16.7. The first-order chi connectivity index (χ1) is 12.7. The van der Waals surface area contributed by atoms with Crippen LogP contribution >= 0.6 is 0 Å². The normalized spacial score (nSPS) is 13.4. The number of nitrogens with zero attached hydrogens (tertiary/aromatic N) is 2. The largest absolute Gasteiger partial charge is 0.350 e. The van der Waals surface area contributed by atoms with Gasteiger partial charge in [0, 0.05) is 36.7 Å². The molecule has 0 amide bonds. The summed E-state index contributed by atoms with van der Waals surface area (Å²) in [6.45, 7) is 1.76. The van der Waals surface area contributed by atoms with Gasteiger partial charge in [-0.25, -0.2) is 17.5 Å². The summed E-state index contributed by atoms with van der Waals surface area (Å²) in [7, 11) is 2.08. The number of fused-ring (bicyclic) bond motifs is 1. The zero-order chi connectivity index (χ0) is 19.8. The maximum Gasteiger partial charge on any atom is 0.240 e. The van der Waals surface area contributed by atoms with Gasteiger partial charge in [0.2, 0.25) is 10.0 Å². The SMILES string of the molecule is Cc1cc(S(=O)(=O)NCC(c2cn(C)c3ccccc23)N(C)C)ccc1F. The lowest BCUT2D eigenvalue weighted by Crippen LogP contribution is -2.34. The Bertz CT molecular complexity index is 1070. The summed E-state index contributed by atoms with van der Waals surface area (Å²) in [6, 6.07) is 11.7. The molecule has 0 aliphatic rings. The lowest BCUT2D eigenvalue weighted by Gasteiger charge is -2.24. The Labute approximate surface area is 159 Å². The van der Waals surface area contributed by atoms with Crippen LogP contribution in [-0.4, -0.2) is 38.5 Å². The van der Waals surface area contributed by atoms with Crippen LogP contribution in [0.4, 0.5) is 4.39 Å². The first kappa shape index (κ1) is 19.5. The average molecular weight is 389 g/mol. The smallest absolute Gasteiger partial charge is 0.240 e. The van der Waals surface area contributed by atoms with E-state index in [4.69, 9.17) is 0 Å². The van der Waals surface area contributed by atoms with Crippen LogP contribution in [0.25, 0.3) is 10.9 Å². The quantitative estimate of drug-likeness (QED) is 0.704. The molecule has 3 aromatic rings. The molecular weight excluding hydrogens is 365 g/mol. The van der Waals surface area contributed by atoms with E-state index in [1.165, 1.54) is 18.2 Å². The van der Waals surface area contributed by atoms with E-state index in [1.54, 1.807) is 6.92 Å². The van der Waals surface area contributed by atoms with E-state index >= 15 is 0 Å². The number of sulfonamides is 1. The molecule has 0 spiro atoms. The van der Waals surface area contributed by atoms with Crippen LogP contribution in [0.3, 0.4) is 0 Å². The van der Waals surface area contributed by atoms with Gasteiger partial charge in [-0.05, 0) is 56.4 Å². The Morgan fingerprint density at radius 2 is 1.89 bits per heavy atom. The average Bonchev–Trinajstić information content (AvgIpc) is 2.94.